The van der Waals surface area contributed by atoms with Crippen LogP contribution in [-0.4, -0.2) is 9.55 Å². The summed E-state index contributed by atoms with van der Waals surface area (Å²) in [5.41, 5.74) is 4.00. The Hall–Kier alpha value is -1.22. The molecule has 21 heavy (non-hydrogen) atoms. The van der Waals surface area contributed by atoms with E-state index in [4.69, 9.17) is 34.8 Å². The Kier molecular flexibility index (Phi) is 4.12. The summed E-state index contributed by atoms with van der Waals surface area (Å²) in [5, 5.41) is 1.01. The summed E-state index contributed by atoms with van der Waals surface area (Å²) in [6.45, 7) is 2.13. The Morgan fingerprint density at radius 2 is 1.86 bits per heavy atom. The molecule has 0 radical (unpaired) electrons. The number of rotatable bonds is 3. The summed E-state index contributed by atoms with van der Waals surface area (Å²) < 4.78 is 2.03. The topological polar surface area (TPSA) is 17.8 Å². The molecule has 0 saturated heterocycles. The molecule has 0 aliphatic rings. The monoisotopic (exact) mass is 338 g/mol. The van der Waals surface area contributed by atoms with E-state index in [1.165, 1.54) is 5.56 Å². The van der Waals surface area contributed by atoms with Crippen LogP contribution < -0.4 is 0 Å². The van der Waals surface area contributed by atoms with E-state index < -0.39 is 0 Å². The maximum atomic E-state index is 6.15. The molecule has 0 unspecified atom stereocenters. The first kappa shape index (κ1) is 14.7. The molecule has 0 amide bonds. The second-order valence-corrected chi connectivity index (χ2v) is 5.86. The van der Waals surface area contributed by atoms with Gasteiger partial charge in [0.05, 0.1) is 27.0 Å². The zero-order valence-electron chi connectivity index (χ0n) is 11.4. The highest BCUT2D eigenvalue weighted by atomic mass is 35.5. The van der Waals surface area contributed by atoms with Crippen LogP contribution in [0.5, 0.6) is 0 Å². The molecule has 0 bridgehead atoms. The summed E-state index contributed by atoms with van der Waals surface area (Å²) in [5.74, 6) is 1.10. The van der Waals surface area contributed by atoms with Gasteiger partial charge in [-0.15, -0.1) is 11.6 Å². The van der Waals surface area contributed by atoms with Crippen molar-refractivity contribution in [1.29, 1.82) is 0 Å². The second kappa shape index (κ2) is 5.88. The molecule has 0 N–H and O–H groups in total. The van der Waals surface area contributed by atoms with E-state index in [2.05, 4.69) is 24.0 Å². The van der Waals surface area contributed by atoms with Crippen molar-refractivity contribution in [2.75, 3.05) is 0 Å². The van der Waals surface area contributed by atoms with Crippen molar-refractivity contribution in [2.45, 2.75) is 19.2 Å². The van der Waals surface area contributed by atoms with Gasteiger partial charge in [0.1, 0.15) is 5.82 Å². The van der Waals surface area contributed by atoms with Gasteiger partial charge in [0.2, 0.25) is 0 Å². The van der Waals surface area contributed by atoms with E-state index in [9.17, 15) is 0 Å². The van der Waals surface area contributed by atoms with Crippen molar-refractivity contribution in [2.24, 2.45) is 0 Å². The molecule has 108 valence electrons. The highest BCUT2D eigenvalue weighted by Crippen LogP contribution is 2.30. The zero-order valence-corrected chi connectivity index (χ0v) is 13.7. The minimum absolute atomic E-state index is 0.320. The van der Waals surface area contributed by atoms with Crippen molar-refractivity contribution in [1.82, 2.24) is 9.55 Å². The first-order chi connectivity index (χ1) is 10.1. The summed E-state index contributed by atoms with van der Waals surface area (Å²) in [6.07, 6.45) is 0.975. The van der Waals surface area contributed by atoms with Gasteiger partial charge in [-0.05, 0) is 36.2 Å². The van der Waals surface area contributed by atoms with E-state index in [0.29, 0.717) is 15.9 Å². The van der Waals surface area contributed by atoms with Crippen LogP contribution in [-0.2, 0) is 12.3 Å². The van der Waals surface area contributed by atoms with Crippen LogP contribution in [0.15, 0.2) is 36.4 Å². The molecule has 2 nitrogen and oxygen atoms in total. The number of imidazole rings is 1. The summed E-state index contributed by atoms with van der Waals surface area (Å²) >= 11 is 18.3. The van der Waals surface area contributed by atoms with Gasteiger partial charge >= 0.3 is 0 Å². The quantitative estimate of drug-likeness (QED) is 0.565. The predicted octanol–water partition coefficient (Wildman–Crippen LogP) is 5.63. The van der Waals surface area contributed by atoms with Gasteiger partial charge in [-0.2, -0.15) is 0 Å². The Labute approximate surface area is 138 Å². The standard InChI is InChI=1S/C16H13Cl3N2/c1-2-10-4-3-5-11(6-10)21-15-8-13(19)12(18)7-14(15)20-16(21)9-17/h3-8H,2,9H2,1H3. The largest absolute Gasteiger partial charge is 0.295 e. The second-order valence-electron chi connectivity index (χ2n) is 4.78. The molecule has 1 aromatic heterocycles. The molecule has 2 aromatic carbocycles. The van der Waals surface area contributed by atoms with E-state index in [0.717, 1.165) is 29.0 Å². The Bertz CT molecular complexity index is 809. The van der Waals surface area contributed by atoms with Crippen molar-refractivity contribution >= 4 is 45.8 Å². The first-order valence-corrected chi connectivity index (χ1v) is 7.94. The van der Waals surface area contributed by atoms with Gasteiger partial charge < -0.3 is 0 Å². The number of hydrogen-bond acceptors (Lipinski definition) is 1. The number of fused-ring (bicyclic) bond motifs is 1. The lowest BCUT2D eigenvalue weighted by Gasteiger charge is -2.09. The lowest BCUT2D eigenvalue weighted by Crippen LogP contribution is -2.00. The van der Waals surface area contributed by atoms with Crippen LogP contribution in [0, 0.1) is 0 Å². The van der Waals surface area contributed by atoms with Crippen LogP contribution in [0.1, 0.15) is 18.3 Å². The number of aryl methyl sites for hydroxylation is 1. The molecular formula is C16H13Cl3N2. The van der Waals surface area contributed by atoms with Crippen LogP contribution in [0.3, 0.4) is 0 Å². The molecular weight excluding hydrogens is 327 g/mol. The summed E-state index contributed by atoms with van der Waals surface area (Å²) in [6, 6.07) is 11.9. The third-order valence-electron chi connectivity index (χ3n) is 3.46. The number of alkyl halides is 1. The van der Waals surface area contributed by atoms with E-state index in [-0.39, 0.29) is 0 Å². The van der Waals surface area contributed by atoms with Crippen molar-refractivity contribution in [3.8, 4) is 5.69 Å². The molecule has 0 aliphatic heterocycles. The van der Waals surface area contributed by atoms with Crippen molar-refractivity contribution < 1.29 is 0 Å². The van der Waals surface area contributed by atoms with E-state index in [1.54, 1.807) is 6.07 Å². The lowest BCUT2D eigenvalue weighted by molar-refractivity contribution is 0.975. The zero-order chi connectivity index (χ0) is 15.0. The van der Waals surface area contributed by atoms with Gasteiger partial charge in [-0.1, -0.05) is 42.3 Å². The molecule has 0 fully saturated rings. The van der Waals surface area contributed by atoms with Crippen LogP contribution in [0.25, 0.3) is 16.7 Å². The molecule has 0 atom stereocenters. The predicted molar refractivity (Wildman–Crippen MR) is 90.0 cm³/mol. The van der Waals surface area contributed by atoms with Crippen LogP contribution in [0.4, 0.5) is 0 Å². The molecule has 3 rings (SSSR count). The molecule has 0 saturated carbocycles. The van der Waals surface area contributed by atoms with Crippen molar-refractivity contribution in [3.05, 3.63) is 57.8 Å². The third-order valence-corrected chi connectivity index (χ3v) is 4.42. The number of halogens is 3. The van der Waals surface area contributed by atoms with Gasteiger partial charge in [0.25, 0.3) is 0 Å². The first-order valence-electron chi connectivity index (χ1n) is 6.65. The molecule has 0 aliphatic carbocycles. The van der Waals surface area contributed by atoms with Gasteiger partial charge in [-0.3, -0.25) is 4.57 Å². The Balaban J connectivity index is 2.31. The Morgan fingerprint density at radius 3 is 2.57 bits per heavy atom. The number of aromatic nitrogens is 2. The molecule has 5 heteroatoms. The number of benzene rings is 2. The number of nitrogens with zero attached hydrogens (tertiary/aromatic N) is 2. The highest BCUT2D eigenvalue weighted by Gasteiger charge is 2.14. The average molecular weight is 340 g/mol. The van der Waals surface area contributed by atoms with Gasteiger partial charge in [0, 0.05) is 5.69 Å². The maximum absolute atomic E-state index is 6.15. The SMILES string of the molecule is CCc1cccc(-n2c(CCl)nc3cc(Cl)c(Cl)cc32)c1. The number of hydrogen-bond donors (Lipinski definition) is 0. The molecule has 3 aromatic rings. The smallest absolute Gasteiger partial charge is 0.129 e. The van der Waals surface area contributed by atoms with E-state index in [1.807, 2.05) is 22.8 Å². The van der Waals surface area contributed by atoms with Crippen LogP contribution in [0.2, 0.25) is 10.0 Å². The maximum Gasteiger partial charge on any atom is 0.129 e. The highest BCUT2D eigenvalue weighted by molar-refractivity contribution is 6.42. The summed E-state index contributed by atoms with van der Waals surface area (Å²) in [4.78, 5) is 4.55. The minimum Gasteiger partial charge on any atom is -0.295 e. The average Bonchev–Trinajstić information content (AvgIpc) is 2.85. The fourth-order valence-corrected chi connectivity index (χ4v) is 2.91. The van der Waals surface area contributed by atoms with E-state index >= 15 is 0 Å². The fraction of sp³-hybridized carbons (Fsp3) is 0.188. The van der Waals surface area contributed by atoms with Gasteiger partial charge in [0.15, 0.2) is 0 Å². The normalized spacial score (nSPS) is 11.2. The van der Waals surface area contributed by atoms with Gasteiger partial charge in [-0.25, -0.2) is 4.98 Å². The molecule has 0 spiro atoms. The third kappa shape index (κ3) is 2.64. The Morgan fingerprint density at radius 1 is 1.10 bits per heavy atom. The molecule has 1 heterocycles. The fourth-order valence-electron chi connectivity index (χ4n) is 2.42. The lowest BCUT2D eigenvalue weighted by atomic mass is 10.1. The van der Waals surface area contributed by atoms with Crippen molar-refractivity contribution in [3.63, 3.8) is 0 Å². The van der Waals surface area contributed by atoms with Crippen LogP contribution >= 0.6 is 34.8 Å². The minimum atomic E-state index is 0.320. The summed E-state index contributed by atoms with van der Waals surface area (Å²) in [7, 11) is 0.